The molecule has 0 bridgehead atoms. The van der Waals surface area contributed by atoms with Crippen molar-refractivity contribution in [3.63, 3.8) is 0 Å². The first kappa shape index (κ1) is 24.2. The molecule has 0 aliphatic heterocycles. The number of carbonyl (C=O) groups is 1. The molecule has 0 unspecified atom stereocenters. The number of aliphatic imine (C=N–C) groups is 1. The Balaban J connectivity index is 1.78. The van der Waals surface area contributed by atoms with Gasteiger partial charge >= 0.3 is 6.09 Å². The van der Waals surface area contributed by atoms with Gasteiger partial charge in [-0.25, -0.2) is 14.2 Å². The normalized spacial score (nSPS) is 12.4. The highest BCUT2D eigenvalue weighted by Gasteiger charge is 2.24. The van der Waals surface area contributed by atoms with Crippen LogP contribution in [0.3, 0.4) is 0 Å². The van der Waals surface area contributed by atoms with Crippen molar-refractivity contribution in [1.29, 1.82) is 0 Å². The fourth-order valence-electron chi connectivity index (χ4n) is 2.61. The average Bonchev–Trinajstić information content (AvgIpc) is 3.12. The van der Waals surface area contributed by atoms with Crippen LogP contribution in [0.2, 0.25) is 0 Å². The molecular weight excluding hydrogens is 401 g/mol. The summed E-state index contributed by atoms with van der Waals surface area (Å²) in [5.74, 6) is 0.747. The number of rotatable bonds is 7. The van der Waals surface area contributed by atoms with Gasteiger partial charge in [0.25, 0.3) is 0 Å². The molecule has 1 aromatic heterocycles. The topological polar surface area (TPSA) is 101 Å². The van der Waals surface area contributed by atoms with E-state index in [9.17, 15) is 9.18 Å². The number of hydrogen-bond acceptors (Lipinski definition) is 5. The molecule has 170 valence electrons. The number of hydrogen-bond donors (Lipinski definition) is 3. The fraction of sp³-hybridized carbons (Fsp3) is 0.500. The van der Waals surface area contributed by atoms with E-state index in [4.69, 9.17) is 9.15 Å². The summed E-state index contributed by atoms with van der Waals surface area (Å²) >= 11 is 0. The third-order valence-electron chi connectivity index (χ3n) is 4.08. The number of nitrogens with one attached hydrogen (secondary N) is 3. The van der Waals surface area contributed by atoms with Crippen molar-refractivity contribution < 1.29 is 18.3 Å². The van der Waals surface area contributed by atoms with Crippen LogP contribution in [-0.2, 0) is 11.2 Å². The number of carbonyl (C=O) groups excluding carboxylic acids is 1. The molecule has 1 aromatic carbocycles. The van der Waals surface area contributed by atoms with Crippen LogP contribution in [0.15, 0.2) is 39.9 Å². The number of nitrogens with zero attached hydrogens (tertiary/aromatic N) is 2. The number of halogens is 1. The highest BCUT2D eigenvalue weighted by molar-refractivity contribution is 5.79. The van der Waals surface area contributed by atoms with Crippen LogP contribution >= 0.6 is 0 Å². The first-order valence-corrected chi connectivity index (χ1v) is 10.1. The van der Waals surface area contributed by atoms with E-state index < -0.39 is 17.2 Å². The third-order valence-corrected chi connectivity index (χ3v) is 4.08. The summed E-state index contributed by atoms with van der Waals surface area (Å²) in [5.41, 5.74) is 0.394. The SMILES string of the molecule is CN=C(NCCc1coc(-c2ccc(F)cc2)n1)NCC(C)(C)NC(=O)OC(C)(C)C. The minimum Gasteiger partial charge on any atom is -0.444 e. The van der Waals surface area contributed by atoms with Gasteiger partial charge in [-0.15, -0.1) is 0 Å². The Bertz CT molecular complexity index is 885. The zero-order chi connectivity index (χ0) is 23.1. The smallest absolute Gasteiger partial charge is 0.408 e. The molecule has 31 heavy (non-hydrogen) atoms. The van der Waals surface area contributed by atoms with Crippen molar-refractivity contribution >= 4 is 12.1 Å². The van der Waals surface area contributed by atoms with Crippen molar-refractivity contribution in [3.8, 4) is 11.5 Å². The number of amides is 1. The van der Waals surface area contributed by atoms with Crippen LogP contribution in [0, 0.1) is 5.82 Å². The number of aromatic nitrogens is 1. The summed E-state index contributed by atoms with van der Waals surface area (Å²) in [5, 5.41) is 9.24. The zero-order valence-electron chi connectivity index (χ0n) is 19.0. The Labute approximate surface area is 182 Å². The Morgan fingerprint density at radius 1 is 1.16 bits per heavy atom. The number of guanidine groups is 1. The van der Waals surface area contributed by atoms with Crippen molar-refractivity contribution in [3.05, 3.63) is 42.0 Å². The molecule has 0 atom stereocenters. The molecule has 0 fully saturated rings. The standard InChI is InChI=1S/C22H32FN5O3/c1-21(2,3)31-20(29)28-22(4,5)14-26-19(24-6)25-12-11-17-13-30-18(27-17)15-7-9-16(23)10-8-15/h7-10,13H,11-12,14H2,1-6H3,(H,28,29)(H2,24,25,26). The van der Waals surface area contributed by atoms with Gasteiger partial charge in [0, 0.05) is 32.1 Å². The molecular formula is C22H32FN5O3. The van der Waals surface area contributed by atoms with Crippen LogP contribution < -0.4 is 16.0 Å². The summed E-state index contributed by atoms with van der Waals surface area (Å²) in [6.07, 6.45) is 1.74. The van der Waals surface area contributed by atoms with Crippen LogP contribution in [-0.4, -0.2) is 48.3 Å². The van der Waals surface area contributed by atoms with Crippen LogP contribution in [0.1, 0.15) is 40.3 Å². The van der Waals surface area contributed by atoms with Crippen molar-refractivity contribution in [2.45, 2.75) is 52.2 Å². The molecule has 8 nitrogen and oxygen atoms in total. The van der Waals surface area contributed by atoms with E-state index in [1.54, 1.807) is 25.4 Å². The summed E-state index contributed by atoms with van der Waals surface area (Å²) < 4.78 is 23.8. The largest absolute Gasteiger partial charge is 0.444 e. The molecule has 9 heteroatoms. The molecule has 2 rings (SSSR count). The van der Waals surface area contributed by atoms with Crippen LogP contribution in [0.5, 0.6) is 0 Å². The van der Waals surface area contributed by atoms with Crippen molar-refractivity contribution in [1.82, 2.24) is 20.9 Å². The lowest BCUT2D eigenvalue weighted by atomic mass is 10.1. The van der Waals surface area contributed by atoms with Gasteiger partial charge in [0.05, 0.1) is 11.2 Å². The first-order chi connectivity index (χ1) is 14.5. The van der Waals surface area contributed by atoms with E-state index in [2.05, 4.69) is 25.9 Å². The minimum atomic E-state index is -0.553. The van der Waals surface area contributed by atoms with Crippen molar-refractivity contribution in [2.24, 2.45) is 4.99 Å². The highest BCUT2D eigenvalue weighted by atomic mass is 19.1. The molecule has 0 radical (unpaired) electrons. The number of ether oxygens (including phenoxy) is 1. The second-order valence-corrected chi connectivity index (χ2v) is 8.76. The molecule has 0 saturated heterocycles. The van der Waals surface area contributed by atoms with Crippen molar-refractivity contribution in [2.75, 3.05) is 20.1 Å². The average molecular weight is 434 g/mol. The van der Waals surface area contributed by atoms with Gasteiger partial charge in [-0.2, -0.15) is 0 Å². The fourth-order valence-corrected chi connectivity index (χ4v) is 2.61. The van der Waals surface area contributed by atoms with E-state index in [0.29, 0.717) is 31.4 Å². The molecule has 1 heterocycles. The summed E-state index contributed by atoms with van der Waals surface area (Å²) in [4.78, 5) is 20.6. The van der Waals surface area contributed by atoms with E-state index in [-0.39, 0.29) is 5.82 Å². The molecule has 0 spiro atoms. The quantitative estimate of drug-likeness (QED) is 0.456. The van der Waals surface area contributed by atoms with Gasteiger partial charge in [0.1, 0.15) is 17.7 Å². The maximum absolute atomic E-state index is 13.0. The molecule has 0 aliphatic rings. The van der Waals surface area contributed by atoms with E-state index >= 15 is 0 Å². The first-order valence-electron chi connectivity index (χ1n) is 10.1. The Kier molecular flexibility index (Phi) is 8.01. The Hall–Kier alpha value is -3.10. The molecule has 1 amide bonds. The lowest BCUT2D eigenvalue weighted by Gasteiger charge is -2.29. The predicted octanol–water partition coefficient (Wildman–Crippen LogP) is 3.49. The third kappa shape index (κ3) is 8.65. The van der Waals surface area contributed by atoms with Gasteiger partial charge in [0.15, 0.2) is 5.96 Å². The monoisotopic (exact) mass is 433 g/mol. The molecule has 0 saturated carbocycles. The van der Waals surface area contributed by atoms with Gasteiger partial charge in [-0.1, -0.05) is 0 Å². The number of alkyl carbamates (subject to hydrolysis) is 1. The Morgan fingerprint density at radius 3 is 2.45 bits per heavy atom. The lowest BCUT2D eigenvalue weighted by molar-refractivity contribution is 0.0474. The molecule has 0 aliphatic carbocycles. The lowest BCUT2D eigenvalue weighted by Crippen LogP contribution is -2.54. The summed E-state index contributed by atoms with van der Waals surface area (Å²) in [6.45, 7) is 10.3. The second-order valence-electron chi connectivity index (χ2n) is 8.76. The molecule has 3 N–H and O–H groups in total. The van der Waals surface area contributed by atoms with Gasteiger partial charge in [0.2, 0.25) is 5.89 Å². The molecule has 2 aromatic rings. The van der Waals surface area contributed by atoms with Gasteiger partial charge in [-0.3, -0.25) is 4.99 Å². The number of oxazole rings is 1. The van der Waals surface area contributed by atoms with Crippen LogP contribution in [0.25, 0.3) is 11.5 Å². The van der Waals surface area contributed by atoms with E-state index in [1.807, 2.05) is 34.6 Å². The Morgan fingerprint density at radius 2 is 1.84 bits per heavy atom. The zero-order valence-corrected chi connectivity index (χ0v) is 19.0. The highest BCUT2D eigenvalue weighted by Crippen LogP contribution is 2.19. The predicted molar refractivity (Wildman–Crippen MR) is 118 cm³/mol. The van der Waals surface area contributed by atoms with Gasteiger partial charge in [-0.05, 0) is 58.9 Å². The van der Waals surface area contributed by atoms with Gasteiger partial charge < -0.3 is 25.1 Å². The summed E-state index contributed by atoms with van der Waals surface area (Å²) in [6, 6.07) is 6.00. The maximum atomic E-state index is 13.0. The second kappa shape index (κ2) is 10.3. The summed E-state index contributed by atoms with van der Waals surface area (Å²) in [7, 11) is 1.67. The van der Waals surface area contributed by atoms with E-state index in [0.717, 1.165) is 11.3 Å². The maximum Gasteiger partial charge on any atom is 0.408 e. The minimum absolute atomic E-state index is 0.303. The van der Waals surface area contributed by atoms with Crippen LogP contribution in [0.4, 0.5) is 9.18 Å². The van der Waals surface area contributed by atoms with E-state index in [1.165, 1.54) is 12.1 Å². The number of benzene rings is 1.